The number of aryl methyl sites for hydroxylation is 1. The Morgan fingerprint density at radius 2 is 2.14 bits per heavy atom. The van der Waals surface area contributed by atoms with Gasteiger partial charge in [-0.1, -0.05) is 35.5 Å². The second kappa shape index (κ2) is 8.71. The van der Waals surface area contributed by atoms with Gasteiger partial charge in [0, 0.05) is 36.5 Å². The third kappa shape index (κ3) is 4.34. The Balaban J connectivity index is 1.25. The summed E-state index contributed by atoms with van der Waals surface area (Å²) in [7, 11) is 1.86. The summed E-state index contributed by atoms with van der Waals surface area (Å²) in [6.45, 7) is 1.38. The molecule has 0 unspecified atom stereocenters. The van der Waals surface area contributed by atoms with Crippen LogP contribution in [-0.2, 0) is 22.4 Å². The number of thiophene rings is 1. The van der Waals surface area contributed by atoms with Gasteiger partial charge < -0.3 is 14.2 Å². The van der Waals surface area contributed by atoms with Crippen molar-refractivity contribution in [2.75, 3.05) is 20.2 Å². The third-order valence-electron chi connectivity index (χ3n) is 5.09. The molecule has 3 aromatic rings. The zero-order valence-corrected chi connectivity index (χ0v) is 16.8. The largest absolute Gasteiger partial charge is 0.372 e. The second-order valence-corrected chi connectivity index (χ2v) is 8.03. The molecular formula is C22H24N2O3S. The topological polar surface area (TPSA) is 55.6 Å². The molecule has 1 atom stereocenters. The zero-order valence-electron chi connectivity index (χ0n) is 16.0. The fraction of sp³-hybridized carbons (Fsp3) is 0.364. The first kappa shape index (κ1) is 18.9. The minimum Gasteiger partial charge on any atom is -0.372 e. The second-order valence-electron chi connectivity index (χ2n) is 7.09. The van der Waals surface area contributed by atoms with Crippen molar-refractivity contribution in [2.24, 2.45) is 0 Å². The van der Waals surface area contributed by atoms with Crippen molar-refractivity contribution in [3.8, 4) is 11.3 Å². The molecule has 146 valence electrons. The van der Waals surface area contributed by atoms with E-state index in [1.807, 2.05) is 43.4 Å². The molecule has 0 fully saturated rings. The molecule has 1 aliphatic heterocycles. The highest BCUT2D eigenvalue weighted by Gasteiger charge is 2.25. The van der Waals surface area contributed by atoms with Gasteiger partial charge in [0.15, 0.2) is 0 Å². The van der Waals surface area contributed by atoms with Gasteiger partial charge in [-0.05, 0) is 29.9 Å². The molecule has 0 aliphatic carbocycles. The van der Waals surface area contributed by atoms with Crippen LogP contribution in [0.1, 0.15) is 35.1 Å². The first-order valence-corrected chi connectivity index (χ1v) is 10.5. The third-order valence-corrected chi connectivity index (χ3v) is 6.15. The molecule has 0 N–H and O–H groups in total. The molecule has 0 bridgehead atoms. The van der Waals surface area contributed by atoms with Gasteiger partial charge in [-0.25, -0.2) is 0 Å². The summed E-state index contributed by atoms with van der Waals surface area (Å²) in [4.78, 5) is 15.6. The summed E-state index contributed by atoms with van der Waals surface area (Å²) in [5.41, 5.74) is 3.22. The van der Waals surface area contributed by atoms with E-state index in [1.165, 1.54) is 10.4 Å². The van der Waals surface area contributed by atoms with Crippen LogP contribution in [0.25, 0.3) is 11.3 Å². The van der Waals surface area contributed by atoms with Gasteiger partial charge in [0.1, 0.15) is 17.6 Å². The van der Waals surface area contributed by atoms with Crippen LogP contribution in [0, 0.1) is 0 Å². The number of fused-ring (bicyclic) bond motifs is 1. The summed E-state index contributed by atoms with van der Waals surface area (Å²) in [5.74, 6) is 0.965. The van der Waals surface area contributed by atoms with E-state index in [0.717, 1.165) is 36.3 Å². The number of nitrogens with zero attached hydrogens (tertiary/aromatic N) is 2. The van der Waals surface area contributed by atoms with Crippen LogP contribution in [0.5, 0.6) is 0 Å². The number of benzene rings is 1. The monoisotopic (exact) mass is 396 g/mol. The first-order chi connectivity index (χ1) is 13.7. The predicted octanol–water partition coefficient (Wildman–Crippen LogP) is 4.50. The Labute approximate surface area is 168 Å². The molecule has 4 rings (SSSR count). The molecule has 3 heterocycles. The summed E-state index contributed by atoms with van der Waals surface area (Å²) in [6.07, 6.45) is 2.85. The van der Waals surface area contributed by atoms with Gasteiger partial charge in [0.05, 0.1) is 13.0 Å². The molecule has 6 heteroatoms. The van der Waals surface area contributed by atoms with Crippen LogP contribution in [-0.4, -0.2) is 36.2 Å². The van der Waals surface area contributed by atoms with E-state index in [2.05, 4.69) is 16.6 Å². The van der Waals surface area contributed by atoms with Crippen LogP contribution < -0.4 is 0 Å². The van der Waals surface area contributed by atoms with Crippen molar-refractivity contribution in [3.63, 3.8) is 0 Å². The van der Waals surface area contributed by atoms with Crippen LogP contribution >= 0.6 is 11.3 Å². The zero-order chi connectivity index (χ0) is 19.3. The van der Waals surface area contributed by atoms with Crippen LogP contribution in [0.15, 0.2) is 52.4 Å². The number of amides is 1. The highest BCUT2D eigenvalue weighted by Crippen LogP contribution is 2.34. The van der Waals surface area contributed by atoms with Crippen LogP contribution in [0.2, 0.25) is 0 Å². The van der Waals surface area contributed by atoms with Crippen molar-refractivity contribution in [3.05, 3.63) is 64.0 Å². The van der Waals surface area contributed by atoms with Gasteiger partial charge in [-0.2, -0.15) is 0 Å². The lowest BCUT2D eigenvalue weighted by Gasteiger charge is -2.25. The SMILES string of the molecule is CN(CCCc1cc(-c2ccccc2)no1)C(=O)C[C@@H]1OCCc2ccsc21. The predicted molar refractivity (Wildman–Crippen MR) is 109 cm³/mol. The Morgan fingerprint density at radius 3 is 3.00 bits per heavy atom. The summed E-state index contributed by atoms with van der Waals surface area (Å²) < 4.78 is 11.3. The maximum Gasteiger partial charge on any atom is 0.225 e. The Bertz CT molecular complexity index is 919. The number of ether oxygens (including phenoxy) is 1. The summed E-state index contributed by atoms with van der Waals surface area (Å²) in [5, 5.41) is 6.23. The Hall–Kier alpha value is -2.44. The van der Waals surface area contributed by atoms with Crippen LogP contribution in [0.3, 0.4) is 0 Å². The lowest BCUT2D eigenvalue weighted by Crippen LogP contribution is -2.30. The molecule has 2 aromatic heterocycles. The molecule has 1 amide bonds. The highest BCUT2D eigenvalue weighted by molar-refractivity contribution is 7.10. The Kier molecular flexibility index (Phi) is 5.88. The minimum absolute atomic E-state index is 0.0959. The quantitative estimate of drug-likeness (QED) is 0.590. The van der Waals surface area contributed by atoms with Gasteiger partial charge in [-0.3, -0.25) is 4.79 Å². The normalized spacial score (nSPS) is 16.0. The van der Waals surface area contributed by atoms with E-state index >= 15 is 0 Å². The highest BCUT2D eigenvalue weighted by atomic mass is 32.1. The first-order valence-electron chi connectivity index (χ1n) is 9.63. The molecule has 0 saturated heterocycles. The standard InChI is InChI=1S/C22H24N2O3S/c1-24(21(25)15-20-22-17(9-12-26-20)10-13-28-22)11-5-8-18-14-19(23-27-18)16-6-3-2-4-7-16/h2-4,6-7,10,13-14,20H,5,8-9,11-12,15H2,1H3/t20-/m0/s1. The maximum absolute atomic E-state index is 12.6. The van der Waals surface area contributed by atoms with E-state index < -0.39 is 0 Å². The van der Waals surface area contributed by atoms with E-state index in [-0.39, 0.29) is 12.0 Å². The van der Waals surface area contributed by atoms with E-state index in [9.17, 15) is 4.79 Å². The van der Waals surface area contributed by atoms with E-state index in [0.29, 0.717) is 19.6 Å². The lowest BCUT2D eigenvalue weighted by molar-refractivity contribution is -0.133. The van der Waals surface area contributed by atoms with Crippen molar-refractivity contribution in [1.82, 2.24) is 10.1 Å². The van der Waals surface area contributed by atoms with Crippen molar-refractivity contribution >= 4 is 17.2 Å². The molecule has 5 nitrogen and oxygen atoms in total. The molecular weight excluding hydrogens is 372 g/mol. The number of aromatic nitrogens is 1. The maximum atomic E-state index is 12.6. The average molecular weight is 397 g/mol. The van der Waals surface area contributed by atoms with Gasteiger partial charge >= 0.3 is 0 Å². The minimum atomic E-state index is -0.0959. The van der Waals surface area contributed by atoms with E-state index in [4.69, 9.17) is 9.26 Å². The lowest BCUT2D eigenvalue weighted by atomic mass is 10.1. The number of hydrogen-bond donors (Lipinski definition) is 0. The Morgan fingerprint density at radius 1 is 1.29 bits per heavy atom. The van der Waals surface area contributed by atoms with Crippen molar-refractivity contribution < 1.29 is 14.1 Å². The smallest absolute Gasteiger partial charge is 0.225 e. The summed E-state index contributed by atoms with van der Waals surface area (Å²) in [6, 6.07) is 14.1. The molecule has 28 heavy (non-hydrogen) atoms. The number of hydrogen-bond acceptors (Lipinski definition) is 5. The number of carbonyl (C=O) groups excluding carboxylic acids is 1. The van der Waals surface area contributed by atoms with E-state index in [1.54, 1.807) is 16.2 Å². The summed E-state index contributed by atoms with van der Waals surface area (Å²) >= 11 is 1.69. The molecule has 0 saturated carbocycles. The molecule has 1 aliphatic rings. The fourth-order valence-electron chi connectivity index (χ4n) is 3.48. The number of rotatable bonds is 7. The molecule has 1 aromatic carbocycles. The van der Waals surface area contributed by atoms with Crippen LogP contribution in [0.4, 0.5) is 0 Å². The van der Waals surface area contributed by atoms with Gasteiger partial charge in [0.25, 0.3) is 0 Å². The fourth-order valence-corrected chi connectivity index (χ4v) is 4.48. The molecule has 0 spiro atoms. The van der Waals surface area contributed by atoms with Gasteiger partial charge in [0.2, 0.25) is 5.91 Å². The van der Waals surface area contributed by atoms with Gasteiger partial charge in [-0.15, -0.1) is 11.3 Å². The average Bonchev–Trinajstić information content (AvgIpc) is 3.38. The van der Waals surface area contributed by atoms with Crippen molar-refractivity contribution in [1.29, 1.82) is 0 Å². The number of carbonyl (C=O) groups is 1. The van der Waals surface area contributed by atoms with Crippen molar-refractivity contribution in [2.45, 2.75) is 31.8 Å². The molecule has 0 radical (unpaired) electrons.